The monoisotopic (exact) mass is 350 g/mol. The van der Waals surface area contributed by atoms with Crippen LogP contribution in [0.1, 0.15) is 0 Å². The highest BCUT2D eigenvalue weighted by Crippen LogP contribution is 2.30. The average molecular weight is 352 g/mol. The Labute approximate surface area is 131 Å². The largest absolute Gasteiger partial charge is 0.399 e. The minimum absolute atomic E-state index is 0.0600. The Balaban J connectivity index is 2.46. The van der Waals surface area contributed by atoms with E-state index < -0.39 is 10.0 Å². The van der Waals surface area contributed by atoms with Crippen molar-refractivity contribution in [1.29, 1.82) is 0 Å². The van der Waals surface area contributed by atoms with Crippen LogP contribution in [0.2, 0.25) is 15.1 Å². The zero-order chi connectivity index (χ0) is 14.9. The number of benzene rings is 2. The molecule has 0 saturated carbocycles. The van der Waals surface area contributed by atoms with Crippen molar-refractivity contribution in [2.45, 2.75) is 4.90 Å². The molecule has 0 amide bonds. The normalized spacial score (nSPS) is 11.3. The van der Waals surface area contributed by atoms with E-state index in [0.717, 1.165) is 0 Å². The van der Waals surface area contributed by atoms with Crippen molar-refractivity contribution in [1.82, 2.24) is 0 Å². The Kier molecular flexibility index (Phi) is 4.34. The van der Waals surface area contributed by atoms with Gasteiger partial charge in [0.15, 0.2) is 0 Å². The average Bonchev–Trinajstić information content (AvgIpc) is 2.36. The number of halogens is 3. The van der Waals surface area contributed by atoms with Crippen LogP contribution in [0.5, 0.6) is 0 Å². The van der Waals surface area contributed by atoms with E-state index in [0.29, 0.717) is 5.02 Å². The zero-order valence-corrected chi connectivity index (χ0v) is 13.0. The SMILES string of the molecule is Nc1ccc(Cl)c(S(=O)(=O)Nc2cc(Cl)ccc2Cl)c1. The number of rotatable bonds is 3. The molecule has 0 aliphatic heterocycles. The molecule has 2 rings (SSSR count). The van der Waals surface area contributed by atoms with Crippen molar-refractivity contribution in [3.05, 3.63) is 51.5 Å². The molecule has 0 spiro atoms. The van der Waals surface area contributed by atoms with E-state index in [9.17, 15) is 8.42 Å². The molecule has 2 aromatic rings. The molecule has 0 radical (unpaired) electrons. The molecule has 2 aromatic carbocycles. The second kappa shape index (κ2) is 5.69. The molecule has 0 fully saturated rings. The first kappa shape index (κ1) is 15.3. The van der Waals surface area contributed by atoms with Gasteiger partial charge in [-0.15, -0.1) is 0 Å². The van der Waals surface area contributed by atoms with Crippen molar-refractivity contribution in [2.75, 3.05) is 10.5 Å². The molecular formula is C12H9Cl3N2O2S. The fourth-order valence-electron chi connectivity index (χ4n) is 1.50. The third-order valence-electron chi connectivity index (χ3n) is 2.42. The summed E-state index contributed by atoms with van der Waals surface area (Å²) in [5.41, 5.74) is 6.02. The fraction of sp³-hybridized carbons (Fsp3) is 0. The van der Waals surface area contributed by atoms with E-state index in [1.54, 1.807) is 6.07 Å². The van der Waals surface area contributed by atoms with Crippen molar-refractivity contribution in [2.24, 2.45) is 0 Å². The van der Waals surface area contributed by atoms with Gasteiger partial charge in [-0.2, -0.15) is 0 Å². The minimum atomic E-state index is -3.91. The summed E-state index contributed by atoms with van der Waals surface area (Å²) in [5, 5.41) is 0.633. The molecule has 0 unspecified atom stereocenters. The van der Waals surface area contributed by atoms with Gasteiger partial charge in [0.25, 0.3) is 10.0 Å². The maximum Gasteiger partial charge on any atom is 0.263 e. The molecule has 0 aromatic heterocycles. The summed E-state index contributed by atoms with van der Waals surface area (Å²) >= 11 is 17.6. The third-order valence-corrected chi connectivity index (χ3v) is 4.83. The fourth-order valence-corrected chi connectivity index (χ4v) is 3.50. The van der Waals surface area contributed by atoms with Crippen molar-refractivity contribution in [3.8, 4) is 0 Å². The first-order chi connectivity index (χ1) is 9.29. The Morgan fingerprint density at radius 3 is 2.30 bits per heavy atom. The number of sulfonamides is 1. The summed E-state index contributed by atoms with van der Waals surface area (Å²) in [6.07, 6.45) is 0. The first-order valence-corrected chi connectivity index (χ1v) is 7.94. The van der Waals surface area contributed by atoms with E-state index in [1.807, 2.05) is 0 Å². The summed E-state index contributed by atoms with van der Waals surface area (Å²) < 4.78 is 26.9. The summed E-state index contributed by atoms with van der Waals surface area (Å²) in [5.74, 6) is 0. The first-order valence-electron chi connectivity index (χ1n) is 5.32. The predicted octanol–water partition coefficient (Wildman–Crippen LogP) is 4.03. The van der Waals surface area contributed by atoms with Crippen LogP contribution in [0.4, 0.5) is 11.4 Å². The number of nitrogens with one attached hydrogen (secondary N) is 1. The lowest BCUT2D eigenvalue weighted by atomic mass is 10.3. The lowest BCUT2D eigenvalue weighted by Gasteiger charge is -2.11. The summed E-state index contributed by atoms with van der Waals surface area (Å²) in [4.78, 5) is -0.129. The van der Waals surface area contributed by atoms with Crippen LogP contribution in [0, 0.1) is 0 Å². The second-order valence-electron chi connectivity index (χ2n) is 3.92. The van der Waals surface area contributed by atoms with Gasteiger partial charge in [0.05, 0.1) is 15.7 Å². The molecule has 106 valence electrons. The van der Waals surface area contributed by atoms with Gasteiger partial charge in [-0.05, 0) is 36.4 Å². The van der Waals surface area contributed by atoms with E-state index in [4.69, 9.17) is 40.5 Å². The summed E-state index contributed by atoms with van der Waals surface area (Å²) in [7, 11) is -3.91. The minimum Gasteiger partial charge on any atom is -0.399 e. The smallest absolute Gasteiger partial charge is 0.263 e. The number of hydrogen-bond donors (Lipinski definition) is 2. The Morgan fingerprint density at radius 2 is 1.60 bits per heavy atom. The quantitative estimate of drug-likeness (QED) is 0.820. The van der Waals surface area contributed by atoms with E-state index in [-0.39, 0.29) is 26.3 Å². The Morgan fingerprint density at radius 1 is 0.950 bits per heavy atom. The van der Waals surface area contributed by atoms with E-state index >= 15 is 0 Å². The summed E-state index contributed by atoms with van der Waals surface area (Å²) in [6.45, 7) is 0. The number of anilines is 2. The highest BCUT2D eigenvalue weighted by Gasteiger charge is 2.19. The molecule has 0 atom stereocenters. The van der Waals surface area contributed by atoms with Crippen LogP contribution >= 0.6 is 34.8 Å². The Hall–Kier alpha value is -1.14. The van der Waals surface area contributed by atoms with Crippen LogP contribution in [-0.4, -0.2) is 8.42 Å². The van der Waals surface area contributed by atoms with Gasteiger partial charge in [0.1, 0.15) is 4.90 Å². The maximum absolute atomic E-state index is 12.3. The summed E-state index contributed by atoms with van der Waals surface area (Å²) in [6, 6.07) is 8.63. The molecule has 0 bridgehead atoms. The Bertz CT molecular complexity index is 763. The molecule has 0 aliphatic carbocycles. The number of hydrogen-bond acceptors (Lipinski definition) is 3. The van der Waals surface area contributed by atoms with Gasteiger partial charge in [0.2, 0.25) is 0 Å². The van der Waals surface area contributed by atoms with Gasteiger partial charge in [-0.25, -0.2) is 8.42 Å². The van der Waals surface area contributed by atoms with Crippen LogP contribution in [-0.2, 0) is 10.0 Å². The van der Waals surface area contributed by atoms with Gasteiger partial charge >= 0.3 is 0 Å². The van der Waals surface area contributed by atoms with Crippen molar-refractivity contribution < 1.29 is 8.42 Å². The van der Waals surface area contributed by atoms with Crippen LogP contribution in [0.25, 0.3) is 0 Å². The molecule has 4 nitrogen and oxygen atoms in total. The topological polar surface area (TPSA) is 72.2 Å². The number of nitrogen functional groups attached to an aromatic ring is 1. The lowest BCUT2D eigenvalue weighted by molar-refractivity contribution is 0.601. The highest BCUT2D eigenvalue weighted by molar-refractivity contribution is 7.92. The molecular weight excluding hydrogens is 343 g/mol. The molecule has 0 heterocycles. The second-order valence-corrected chi connectivity index (χ2v) is 6.82. The molecule has 0 saturated heterocycles. The van der Waals surface area contributed by atoms with Crippen molar-refractivity contribution >= 4 is 56.2 Å². The van der Waals surface area contributed by atoms with E-state index in [1.165, 1.54) is 30.3 Å². The molecule has 8 heteroatoms. The van der Waals surface area contributed by atoms with Gasteiger partial charge in [0, 0.05) is 10.7 Å². The van der Waals surface area contributed by atoms with Crippen LogP contribution < -0.4 is 10.5 Å². The number of nitrogens with two attached hydrogens (primary N) is 1. The van der Waals surface area contributed by atoms with Gasteiger partial charge < -0.3 is 5.73 Å². The third kappa shape index (κ3) is 3.30. The van der Waals surface area contributed by atoms with Gasteiger partial charge in [-0.1, -0.05) is 34.8 Å². The van der Waals surface area contributed by atoms with Gasteiger partial charge in [-0.3, -0.25) is 4.72 Å². The molecule has 3 N–H and O–H groups in total. The predicted molar refractivity (Wildman–Crippen MR) is 83.1 cm³/mol. The van der Waals surface area contributed by atoms with Crippen LogP contribution in [0.3, 0.4) is 0 Å². The zero-order valence-electron chi connectivity index (χ0n) is 9.90. The highest BCUT2D eigenvalue weighted by atomic mass is 35.5. The maximum atomic E-state index is 12.3. The van der Waals surface area contributed by atoms with E-state index in [2.05, 4.69) is 4.72 Å². The molecule has 0 aliphatic rings. The van der Waals surface area contributed by atoms with Crippen molar-refractivity contribution in [3.63, 3.8) is 0 Å². The standard InChI is InChI=1S/C12H9Cl3N2O2S/c13-7-1-3-9(14)11(5-7)17-20(18,19)12-6-8(16)2-4-10(12)15/h1-6,17H,16H2. The molecule has 20 heavy (non-hydrogen) atoms. The lowest BCUT2D eigenvalue weighted by Crippen LogP contribution is -2.14. The van der Waals surface area contributed by atoms with Crippen LogP contribution in [0.15, 0.2) is 41.3 Å².